The van der Waals surface area contributed by atoms with Gasteiger partial charge in [-0.2, -0.15) is 0 Å². The number of piperidine rings is 1. The molecule has 2 unspecified atom stereocenters. The third-order valence-corrected chi connectivity index (χ3v) is 4.12. The van der Waals surface area contributed by atoms with Crippen LogP contribution in [0.15, 0.2) is 18.2 Å². The molecule has 0 bridgehead atoms. The Hall–Kier alpha value is -1.26. The normalized spacial score (nSPS) is 21.2. The molecule has 0 spiro atoms. The lowest BCUT2D eigenvalue weighted by molar-refractivity contribution is 0.0312. The molecule has 1 aromatic rings. The van der Waals surface area contributed by atoms with Crippen molar-refractivity contribution in [3.63, 3.8) is 0 Å². The van der Waals surface area contributed by atoms with Gasteiger partial charge in [-0.15, -0.1) is 0 Å². The quantitative estimate of drug-likeness (QED) is 0.847. The SMILES string of the molecule is CCCOc1ccc(CN2CCCCC2C(C)O)c(O)c1. The van der Waals surface area contributed by atoms with Crippen LogP contribution in [-0.4, -0.2) is 40.4 Å². The Balaban J connectivity index is 2.04. The number of hydrogen-bond acceptors (Lipinski definition) is 4. The molecule has 1 aliphatic heterocycles. The lowest BCUT2D eigenvalue weighted by atomic mass is 9.97. The second-order valence-electron chi connectivity index (χ2n) is 5.91. The summed E-state index contributed by atoms with van der Waals surface area (Å²) in [5.41, 5.74) is 0.895. The first-order chi connectivity index (χ1) is 10.1. The summed E-state index contributed by atoms with van der Waals surface area (Å²) in [6.45, 7) is 6.22. The molecule has 0 saturated carbocycles. The number of hydrogen-bond donors (Lipinski definition) is 2. The van der Waals surface area contributed by atoms with Crippen molar-refractivity contribution in [3.8, 4) is 11.5 Å². The average molecular weight is 293 g/mol. The smallest absolute Gasteiger partial charge is 0.123 e. The number of aliphatic hydroxyl groups is 1. The summed E-state index contributed by atoms with van der Waals surface area (Å²) in [4.78, 5) is 2.27. The zero-order valence-electron chi connectivity index (χ0n) is 13.1. The van der Waals surface area contributed by atoms with E-state index in [4.69, 9.17) is 4.74 Å². The topological polar surface area (TPSA) is 52.9 Å². The molecular formula is C17H27NO3. The van der Waals surface area contributed by atoms with E-state index in [1.54, 1.807) is 6.07 Å². The van der Waals surface area contributed by atoms with Crippen LogP contribution in [-0.2, 0) is 6.54 Å². The molecule has 0 aromatic heterocycles. The number of benzene rings is 1. The van der Waals surface area contributed by atoms with Crippen LogP contribution in [0, 0.1) is 0 Å². The van der Waals surface area contributed by atoms with E-state index in [1.807, 2.05) is 19.1 Å². The third kappa shape index (κ3) is 4.35. The van der Waals surface area contributed by atoms with E-state index in [1.165, 1.54) is 6.42 Å². The maximum Gasteiger partial charge on any atom is 0.123 e. The summed E-state index contributed by atoms with van der Waals surface area (Å²) in [7, 11) is 0. The second-order valence-corrected chi connectivity index (χ2v) is 5.91. The molecule has 118 valence electrons. The molecule has 2 rings (SSSR count). The molecule has 2 atom stereocenters. The molecule has 2 N–H and O–H groups in total. The maximum absolute atomic E-state index is 10.2. The van der Waals surface area contributed by atoms with E-state index >= 15 is 0 Å². The number of phenols is 1. The number of ether oxygens (including phenoxy) is 1. The predicted molar refractivity (Wildman–Crippen MR) is 83.6 cm³/mol. The van der Waals surface area contributed by atoms with Crippen LogP contribution < -0.4 is 4.74 Å². The molecule has 1 aromatic carbocycles. The minimum Gasteiger partial charge on any atom is -0.507 e. The van der Waals surface area contributed by atoms with Gasteiger partial charge in [-0.1, -0.05) is 19.4 Å². The molecule has 4 heteroatoms. The summed E-state index contributed by atoms with van der Waals surface area (Å²) in [5, 5.41) is 20.1. The van der Waals surface area contributed by atoms with Gasteiger partial charge in [-0.25, -0.2) is 0 Å². The summed E-state index contributed by atoms with van der Waals surface area (Å²) in [6, 6.07) is 5.71. The van der Waals surface area contributed by atoms with Crippen molar-refractivity contribution in [2.45, 2.75) is 58.2 Å². The molecule has 0 amide bonds. The van der Waals surface area contributed by atoms with Crippen LogP contribution in [0.2, 0.25) is 0 Å². The molecule has 1 saturated heterocycles. The molecule has 1 fully saturated rings. The molecule has 21 heavy (non-hydrogen) atoms. The lowest BCUT2D eigenvalue weighted by Gasteiger charge is -2.37. The van der Waals surface area contributed by atoms with Gasteiger partial charge < -0.3 is 14.9 Å². The Morgan fingerprint density at radius 1 is 1.38 bits per heavy atom. The highest BCUT2D eigenvalue weighted by atomic mass is 16.5. The summed E-state index contributed by atoms with van der Waals surface area (Å²) >= 11 is 0. The first kappa shape index (κ1) is 16.1. The van der Waals surface area contributed by atoms with E-state index in [2.05, 4.69) is 11.8 Å². The van der Waals surface area contributed by atoms with Gasteiger partial charge in [0.2, 0.25) is 0 Å². The number of rotatable bonds is 6. The van der Waals surface area contributed by atoms with Gasteiger partial charge >= 0.3 is 0 Å². The fourth-order valence-electron chi connectivity index (χ4n) is 2.97. The fourth-order valence-corrected chi connectivity index (χ4v) is 2.97. The number of aliphatic hydroxyl groups excluding tert-OH is 1. The molecular weight excluding hydrogens is 266 g/mol. The third-order valence-electron chi connectivity index (χ3n) is 4.12. The van der Waals surface area contributed by atoms with Crippen LogP contribution in [0.4, 0.5) is 0 Å². The highest BCUT2D eigenvalue weighted by Gasteiger charge is 2.26. The molecule has 4 nitrogen and oxygen atoms in total. The van der Waals surface area contributed by atoms with Crippen molar-refractivity contribution < 1.29 is 14.9 Å². The van der Waals surface area contributed by atoms with Gasteiger partial charge in [0, 0.05) is 24.2 Å². The predicted octanol–water partition coefficient (Wildman–Crippen LogP) is 2.92. The summed E-state index contributed by atoms with van der Waals surface area (Å²) in [5.74, 6) is 0.988. The average Bonchev–Trinajstić information content (AvgIpc) is 2.48. The van der Waals surface area contributed by atoms with Gasteiger partial charge in [-0.05, 0) is 38.8 Å². The van der Waals surface area contributed by atoms with E-state index in [-0.39, 0.29) is 17.9 Å². The standard InChI is InChI=1S/C17H27NO3/c1-3-10-21-15-8-7-14(17(20)11-15)12-18-9-5-4-6-16(18)13(2)19/h7-8,11,13,16,19-20H,3-6,9-10,12H2,1-2H3. The summed E-state index contributed by atoms with van der Waals surface area (Å²) < 4.78 is 5.53. The number of aromatic hydroxyl groups is 1. The first-order valence-electron chi connectivity index (χ1n) is 7.98. The highest BCUT2D eigenvalue weighted by Crippen LogP contribution is 2.28. The highest BCUT2D eigenvalue weighted by molar-refractivity contribution is 5.39. The number of nitrogens with zero attached hydrogens (tertiary/aromatic N) is 1. The van der Waals surface area contributed by atoms with Crippen LogP contribution in [0.5, 0.6) is 11.5 Å². The van der Waals surface area contributed by atoms with Crippen molar-refractivity contribution in [1.29, 1.82) is 0 Å². The maximum atomic E-state index is 10.2. The Bertz CT molecular complexity index is 448. The lowest BCUT2D eigenvalue weighted by Crippen LogP contribution is -2.45. The van der Waals surface area contributed by atoms with Crippen LogP contribution >= 0.6 is 0 Å². The van der Waals surface area contributed by atoms with Crippen molar-refractivity contribution in [2.24, 2.45) is 0 Å². The first-order valence-corrected chi connectivity index (χ1v) is 7.98. The molecule has 1 aliphatic rings. The Morgan fingerprint density at radius 3 is 2.86 bits per heavy atom. The number of phenolic OH excluding ortho intramolecular Hbond substituents is 1. The van der Waals surface area contributed by atoms with Crippen molar-refractivity contribution in [1.82, 2.24) is 4.90 Å². The Labute approximate surface area is 127 Å². The van der Waals surface area contributed by atoms with E-state index in [0.717, 1.165) is 31.4 Å². The van der Waals surface area contributed by atoms with Gasteiger partial charge in [0.1, 0.15) is 11.5 Å². The zero-order chi connectivity index (χ0) is 15.2. The molecule has 1 heterocycles. The van der Waals surface area contributed by atoms with Crippen LogP contribution in [0.25, 0.3) is 0 Å². The minimum atomic E-state index is -0.334. The Morgan fingerprint density at radius 2 is 2.19 bits per heavy atom. The van der Waals surface area contributed by atoms with Gasteiger partial charge in [-0.3, -0.25) is 4.90 Å². The summed E-state index contributed by atoms with van der Waals surface area (Å²) in [6.07, 6.45) is 3.96. The van der Waals surface area contributed by atoms with E-state index in [9.17, 15) is 10.2 Å². The Kier molecular flexibility index (Phi) is 5.88. The van der Waals surface area contributed by atoms with E-state index in [0.29, 0.717) is 18.9 Å². The van der Waals surface area contributed by atoms with Gasteiger partial charge in [0.15, 0.2) is 0 Å². The molecule has 0 radical (unpaired) electrons. The number of likely N-dealkylation sites (tertiary alicyclic amines) is 1. The van der Waals surface area contributed by atoms with Crippen molar-refractivity contribution >= 4 is 0 Å². The van der Waals surface area contributed by atoms with Gasteiger partial charge in [0.05, 0.1) is 12.7 Å². The van der Waals surface area contributed by atoms with Crippen LogP contribution in [0.3, 0.4) is 0 Å². The van der Waals surface area contributed by atoms with Crippen LogP contribution in [0.1, 0.15) is 45.1 Å². The zero-order valence-corrected chi connectivity index (χ0v) is 13.1. The monoisotopic (exact) mass is 293 g/mol. The molecule has 0 aliphatic carbocycles. The van der Waals surface area contributed by atoms with Gasteiger partial charge in [0.25, 0.3) is 0 Å². The second kappa shape index (κ2) is 7.66. The largest absolute Gasteiger partial charge is 0.507 e. The van der Waals surface area contributed by atoms with Crippen molar-refractivity contribution in [2.75, 3.05) is 13.2 Å². The fraction of sp³-hybridized carbons (Fsp3) is 0.647. The van der Waals surface area contributed by atoms with E-state index < -0.39 is 0 Å². The minimum absolute atomic E-state index is 0.189. The van der Waals surface area contributed by atoms with Crippen molar-refractivity contribution in [3.05, 3.63) is 23.8 Å².